The molecule has 0 saturated heterocycles. The number of hydrogen-bond acceptors (Lipinski definition) is 0. The molecule has 16 heavy (non-hydrogen) atoms. The number of benzene rings is 2. The Hall–Kier alpha value is -0.860. The van der Waals surface area contributed by atoms with Gasteiger partial charge in [0, 0.05) is 4.47 Å². The van der Waals surface area contributed by atoms with Crippen molar-refractivity contribution < 1.29 is 4.39 Å². The number of alkyl halides is 1. The SMILES string of the molecule is Fc1cccc(C(Cl)c2ccc(Br)cc2)c1. The van der Waals surface area contributed by atoms with Gasteiger partial charge in [-0.25, -0.2) is 4.39 Å². The summed E-state index contributed by atoms with van der Waals surface area (Å²) < 4.78 is 14.0. The van der Waals surface area contributed by atoms with Crippen molar-refractivity contribution in [2.45, 2.75) is 5.38 Å². The minimum absolute atomic E-state index is 0.264. The number of rotatable bonds is 2. The molecule has 0 fully saturated rings. The summed E-state index contributed by atoms with van der Waals surface area (Å²) in [5.41, 5.74) is 1.72. The Morgan fingerprint density at radius 1 is 1.00 bits per heavy atom. The van der Waals surface area contributed by atoms with Crippen molar-refractivity contribution in [1.29, 1.82) is 0 Å². The van der Waals surface area contributed by atoms with Crippen LogP contribution >= 0.6 is 27.5 Å². The van der Waals surface area contributed by atoms with Crippen molar-refractivity contribution in [3.8, 4) is 0 Å². The molecular formula is C13H9BrClF. The molecule has 1 atom stereocenters. The second-order valence-electron chi connectivity index (χ2n) is 3.47. The minimum atomic E-state index is -0.316. The number of hydrogen-bond donors (Lipinski definition) is 0. The normalized spacial score (nSPS) is 12.4. The quantitative estimate of drug-likeness (QED) is 0.691. The van der Waals surface area contributed by atoms with E-state index >= 15 is 0 Å². The Balaban J connectivity index is 2.31. The van der Waals surface area contributed by atoms with Crippen LogP contribution in [0, 0.1) is 5.82 Å². The molecule has 3 heteroatoms. The average Bonchev–Trinajstić information content (AvgIpc) is 2.29. The van der Waals surface area contributed by atoms with E-state index < -0.39 is 0 Å². The van der Waals surface area contributed by atoms with Crippen LogP contribution in [0.25, 0.3) is 0 Å². The topological polar surface area (TPSA) is 0 Å². The highest BCUT2D eigenvalue weighted by Gasteiger charge is 2.10. The molecule has 0 bridgehead atoms. The number of halogens is 3. The summed E-state index contributed by atoms with van der Waals surface area (Å²) in [5, 5.41) is -0.316. The van der Waals surface area contributed by atoms with Crippen molar-refractivity contribution in [3.63, 3.8) is 0 Å². The van der Waals surface area contributed by atoms with Crippen LogP contribution in [0.5, 0.6) is 0 Å². The maximum atomic E-state index is 13.0. The lowest BCUT2D eigenvalue weighted by Gasteiger charge is -2.10. The molecule has 0 aliphatic heterocycles. The van der Waals surface area contributed by atoms with Gasteiger partial charge in [0.25, 0.3) is 0 Å². The second kappa shape index (κ2) is 4.98. The molecular weight excluding hydrogens is 290 g/mol. The van der Waals surface area contributed by atoms with E-state index in [1.54, 1.807) is 6.07 Å². The van der Waals surface area contributed by atoms with Gasteiger partial charge in [-0.15, -0.1) is 11.6 Å². The molecule has 0 nitrogen and oxygen atoms in total. The fraction of sp³-hybridized carbons (Fsp3) is 0.0769. The third-order valence-corrected chi connectivity index (χ3v) is 3.34. The van der Waals surface area contributed by atoms with E-state index in [-0.39, 0.29) is 11.2 Å². The molecule has 0 spiro atoms. The standard InChI is InChI=1S/C13H9BrClF/c14-11-6-4-9(5-7-11)13(15)10-2-1-3-12(16)8-10/h1-8,13H. The van der Waals surface area contributed by atoms with Crippen LogP contribution in [0.15, 0.2) is 53.0 Å². The highest BCUT2D eigenvalue weighted by molar-refractivity contribution is 9.10. The molecule has 2 rings (SSSR count). The molecule has 2 aromatic carbocycles. The van der Waals surface area contributed by atoms with Crippen LogP contribution in [-0.4, -0.2) is 0 Å². The fourth-order valence-corrected chi connectivity index (χ4v) is 2.03. The zero-order valence-corrected chi connectivity index (χ0v) is 10.7. The van der Waals surface area contributed by atoms with Gasteiger partial charge in [0.15, 0.2) is 0 Å². The maximum absolute atomic E-state index is 13.0. The van der Waals surface area contributed by atoms with Crippen molar-refractivity contribution >= 4 is 27.5 Å². The zero-order valence-electron chi connectivity index (χ0n) is 8.33. The molecule has 1 unspecified atom stereocenters. The van der Waals surface area contributed by atoms with E-state index in [1.807, 2.05) is 30.3 Å². The summed E-state index contributed by atoms with van der Waals surface area (Å²) in [6, 6.07) is 14.0. The predicted octanol–water partition coefficient (Wildman–Crippen LogP) is 4.92. The van der Waals surface area contributed by atoms with Crippen LogP contribution in [-0.2, 0) is 0 Å². The van der Waals surface area contributed by atoms with Gasteiger partial charge in [-0.05, 0) is 35.4 Å². The molecule has 0 heterocycles. The third-order valence-electron chi connectivity index (χ3n) is 2.30. The monoisotopic (exact) mass is 298 g/mol. The molecule has 2 aromatic rings. The summed E-state index contributed by atoms with van der Waals surface area (Å²) in [6.45, 7) is 0. The molecule has 0 aromatic heterocycles. The highest BCUT2D eigenvalue weighted by Crippen LogP contribution is 2.29. The van der Waals surface area contributed by atoms with Crippen LogP contribution in [0.4, 0.5) is 4.39 Å². The third kappa shape index (κ3) is 2.63. The predicted molar refractivity (Wildman–Crippen MR) is 68.2 cm³/mol. The molecule has 0 aliphatic rings. The lowest BCUT2D eigenvalue weighted by molar-refractivity contribution is 0.626. The minimum Gasteiger partial charge on any atom is -0.207 e. The van der Waals surface area contributed by atoms with Gasteiger partial charge in [-0.2, -0.15) is 0 Å². The first-order chi connectivity index (χ1) is 7.66. The largest absolute Gasteiger partial charge is 0.207 e. The smallest absolute Gasteiger partial charge is 0.123 e. The van der Waals surface area contributed by atoms with E-state index in [1.165, 1.54) is 12.1 Å². The maximum Gasteiger partial charge on any atom is 0.123 e. The van der Waals surface area contributed by atoms with Gasteiger partial charge in [0.05, 0.1) is 5.38 Å². The molecule has 0 radical (unpaired) electrons. The lowest BCUT2D eigenvalue weighted by atomic mass is 10.0. The van der Waals surface area contributed by atoms with Gasteiger partial charge in [0.1, 0.15) is 5.82 Å². The van der Waals surface area contributed by atoms with Gasteiger partial charge in [0.2, 0.25) is 0 Å². The van der Waals surface area contributed by atoms with Crippen LogP contribution in [0.3, 0.4) is 0 Å². The van der Waals surface area contributed by atoms with E-state index in [4.69, 9.17) is 11.6 Å². The van der Waals surface area contributed by atoms with E-state index in [0.29, 0.717) is 0 Å². The Labute approximate surface area is 107 Å². The average molecular weight is 300 g/mol. The second-order valence-corrected chi connectivity index (χ2v) is 4.82. The molecule has 0 N–H and O–H groups in total. The Morgan fingerprint density at radius 2 is 1.69 bits per heavy atom. The summed E-state index contributed by atoms with van der Waals surface area (Å²) >= 11 is 9.63. The molecule has 82 valence electrons. The molecule has 0 saturated carbocycles. The van der Waals surface area contributed by atoms with Gasteiger partial charge in [-0.1, -0.05) is 40.2 Å². The van der Waals surface area contributed by atoms with Crippen molar-refractivity contribution in [2.24, 2.45) is 0 Å². The van der Waals surface area contributed by atoms with Gasteiger partial charge in [-0.3, -0.25) is 0 Å². The van der Waals surface area contributed by atoms with Crippen molar-refractivity contribution in [2.75, 3.05) is 0 Å². The van der Waals surface area contributed by atoms with Crippen molar-refractivity contribution in [1.82, 2.24) is 0 Å². The van der Waals surface area contributed by atoms with Gasteiger partial charge < -0.3 is 0 Å². The van der Waals surface area contributed by atoms with E-state index in [2.05, 4.69) is 15.9 Å². The highest BCUT2D eigenvalue weighted by atomic mass is 79.9. The molecule has 0 amide bonds. The summed E-state index contributed by atoms with van der Waals surface area (Å²) in [6.07, 6.45) is 0. The first-order valence-electron chi connectivity index (χ1n) is 4.82. The summed E-state index contributed by atoms with van der Waals surface area (Å²) in [5.74, 6) is -0.264. The lowest BCUT2D eigenvalue weighted by Crippen LogP contribution is -1.93. The summed E-state index contributed by atoms with van der Waals surface area (Å²) in [7, 11) is 0. The Morgan fingerprint density at radius 3 is 2.31 bits per heavy atom. The van der Waals surface area contributed by atoms with E-state index in [0.717, 1.165) is 15.6 Å². The first-order valence-corrected chi connectivity index (χ1v) is 6.05. The van der Waals surface area contributed by atoms with E-state index in [9.17, 15) is 4.39 Å². The zero-order chi connectivity index (χ0) is 11.5. The van der Waals surface area contributed by atoms with Crippen molar-refractivity contribution in [3.05, 3.63) is 69.9 Å². The van der Waals surface area contributed by atoms with Crippen LogP contribution in [0.2, 0.25) is 0 Å². The Kier molecular flexibility index (Phi) is 3.62. The van der Waals surface area contributed by atoms with Crippen LogP contribution in [0.1, 0.15) is 16.5 Å². The molecule has 0 aliphatic carbocycles. The van der Waals surface area contributed by atoms with Gasteiger partial charge >= 0.3 is 0 Å². The first kappa shape index (κ1) is 11.6. The fourth-order valence-electron chi connectivity index (χ4n) is 1.49. The summed E-state index contributed by atoms with van der Waals surface area (Å²) in [4.78, 5) is 0. The Bertz CT molecular complexity index is 482. The van der Waals surface area contributed by atoms with Crippen LogP contribution < -0.4 is 0 Å².